The van der Waals surface area contributed by atoms with Crippen LogP contribution in [0.15, 0.2) is 4.99 Å². The summed E-state index contributed by atoms with van der Waals surface area (Å²) in [5.41, 5.74) is 0. The molecule has 0 bridgehead atoms. The lowest BCUT2D eigenvalue weighted by Crippen LogP contribution is -2.32. The van der Waals surface area contributed by atoms with Crippen molar-refractivity contribution in [2.75, 3.05) is 13.1 Å². The average molecular weight is 240 g/mol. The van der Waals surface area contributed by atoms with Gasteiger partial charge >= 0.3 is 0 Å². The van der Waals surface area contributed by atoms with Crippen LogP contribution in [-0.2, 0) is 0 Å². The van der Waals surface area contributed by atoms with Gasteiger partial charge < -0.3 is 4.90 Å². The molecule has 0 radical (unpaired) electrons. The lowest BCUT2D eigenvalue weighted by atomic mass is 10.1. The highest BCUT2D eigenvalue weighted by molar-refractivity contribution is 5.55. The van der Waals surface area contributed by atoms with Crippen molar-refractivity contribution in [1.82, 2.24) is 4.90 Å². The second-order valence-corrected chi connectivity index (χ2v) is 5.43. The quantitative estimate of drug-likeness (QED) is 0.409. The summed E-state index contributed by atoms with van der Waals surface area (Å²) >= 11 is 0. The van der Waals surface area contributed by atoms with Gasteiger partial charge in [-0.05, 0) is 32.1 Å². The minimum atomic E-state index is 0.634. The highest BCUT2D eigenvalue weighted by atomic mass is 15.2. The molecule has 0 spiro atoms. The zero-order valence-corrected chi connectivity index (χ0v) is 12.6. The Bertz CT molecular complexity index is 187. The Balaban J connectivity index is 4.07. The molecular weight excluding hydrogens is 208 g/mol. The van der Waals surface area contributed by atoms with Crippen molar-refractivity contribution in [3.63, 3.8) is 0 Å². The van der Waals surface area contributed by atoms with Crippen LogP contribution in [0, 0.1) is 5.92 Å². The van der Waals surface area contributed by atoms with Gasteiger partial charge in [0.05, 0.1) is 6.34 Å². The second kappa shape index (κ2) is 10.6. The van der Waals surface area contributed by atoms with E-state index in [1.807, 2.05) is 0 Å². The molecule has 0 saturated heterocycles. The Kier molecular flexibility index (Phi) is 10.3. The van der Waals surface area contributed by atoms with Gasteiger partial charge in [0.2, 0.25) is 0 Å². The van der Waals surface area contributed by atoms with E-state index in [2.05, 4.69) is 50.8 Å². The van der Waals surface area contributed by atoms with Gasteiger partial charge in [0, 0.05) is 19.1 Å². The number of nitrogens with zero attached hydrogens (tertiary/aromatic N) is 2. The van der Waals surface area contributed by atoms with Gasteiger partial charge in [-0.3, -0.25) is 4.99 Å². The molecule has 17 heavy (non-hydrogen) atoms. The van der Waals surface area contributed by atoms with E-state index in [9.17, 15) is 0 Å². The van der Waals surface area contributed by atoms with Crippen LogP contribution in [0.5, 0.6) is 0 Å². The minimum Gasteiger partial charge on any atom is -0.360 e. The largest absolute Gasteiger partial charge is 0.360 e. The molecule has 0 aromatic heterocycles. The number of rotatable bonds is 10. The van der Waals surface area contributed by atoms with Crippen molar-refractivity contribution in [2.45, 2.75) is 72.8 Å². The van der Waals surface area contributed by atoms with Gasteiger partial charge in [0.15, 0.2) is 0 Å². The van der Waals surface area contributed by atoms with E-state index >= 15 is 0 Å². The highest BCUT2D eigenvalue weighted by Crippen LogP contribution is 2.06. The first-order valence-electron chi connectivity index (χ1n) is 7.37. The normalized spacial score (nSPS) is 13.5. The monoisotopic (exact) mass is 240 g/mol. The molecule has 0 N–H and O–H groups in total. The summed E-state index contributed by atoms with van der Waals surface area (Å²) in [5.74, 6) is 0.754. The number of aliphatic imine (C=N–C) groups is 1. The fraction of sp³-hybridized carbons (Fsp3) is 0.933. The molecule has 0 fully saturated rings. The van der Waals surface area contributed by atoms with Crippen molar-refractivity contribution in [2.24, 2.45) is 10.9 Å². The van der Waals surface area contributed by atoms with E-state index in [0.29, 0.717) is 6.04 Å². The third-order valence-corrected chi connectivity index (χ3v) is 3.11. The number of hydrogen-bond donors (Lipinski definition) is 0. The molecule has 0 aliphatic heterocycles. The van der Waals surface area contributed by atoms with Gasteiger partial charge in [-0.2, -0.15) is 0 Å². The molecular formula is C15H32N2. The lowest BCUT2D eigenvalue weighted by Gasteiger charge is -2.26. The Morgan fingerprint density at radius 3 is 2.29 bits per heavy atom. The molecule has 2 nitrogen and oxygen atoms in total. The van der Waals surface area contributed by atoms with E-state index in [0.717, 1.165) is 19.0 Å². The van der Waals surface area contributed by atoms with Gasteiger partial charge in [0.25, 0.3) is 0 Å². The SMILES string of the molecule is CCCCN(C=NCCC(C)C)C(C)CCC. The topological polar surface area (TPSA) is 15.6 Å². The summed E-state index contributed by atoms with van der Waals surface area (Å²) in [6, 6.07) is 0.634. The van der Waals surface area contributed by atoms with Crippen LogP contribution < -0.4 is 0 Å². The van der Waals surface area contributed by atoms with Crippen LogP contribution >= 0.6 is 0 Å². The summed E-state index contributed by atoms with van der Waals surface area (Å²) in [7, 11) is 0. The molecule has 0 aliphatic rings. The van der Waals surface area contributed by atoms with Crippen LogP contribution in [0.25, 0.3) is 0 Å². The van der Waals surface area contributed by atoms with E-state index in [1.165, 1.54) is 32.1 Å². The molecule has 1 unspecified atom stereocenters. The zero-order chi connectivity index (χ0) is 13.1. The highest BCUT2D eigenvalue weighted by Gasteiger charge is 2.08. The van der Waals surface area contributed by atoms with Crippen molar-refractivity contribution >= 4 is 6.34 Å². The summed E-state index contributed by atoms with van der Waals surface area (Å²) in [6.07, 6.45) is 8.33. The molecule has 2 heteroatoms. The lowest BCUT2D eigenvalue weighted by molar-refractivity contribution is 0.315. The molecule has 0 heterocycles. The van der Waals surface area contributed by atoms with Crippen LogP contribution in [-0.4, -0.2) is 30.4 Å². The molecule has 0 rings (SSSR count). The maximum Gasteiger partial charge on any atom is 0.0852 e. The predicted octanol–water partition coefficient (Wildman–Crippen LogP) is 4.35. The standard InChI is InChI=1S/C15H32N2/c1-6-8-12-17(15(5)9-7-2)13-16-11-10-14(3)4/h13-15H,6-12H2,1-5H3. The molecule has 0 aliphatic carbocycles. The first-order valence-corrected chi connectivity index (χ1v) is 7.37. The van der Waals surface area contributed by atoms with Gasteiger partial charge in [-0.25, -0.2) is 0 Å². The van der Waals surface area contributed by atoms with Crippen LogP contribution in [0.2, 0.25) is 0 Å². The van der Waals surface area contributed by atoms with Crippen LogP contribution in [0.3, 0.4) is 0 Å². The third-order valence-electron chi connectivity index (χ3n) is 3.11. The van der Waals surface area contributed by atoms with E-state index in [-0.39, 0.29) is 0 Å². The molecule has 0 aromatic carbocycles. The zero-order valence-electron chi connectivity index (χ0n) is 12.6. The van der Waals surface area contributed by atoms with Crippen LogP contribution in [0.1, 0.15) is 66.7 Å². The average Bonchev–Trinajstić information content (AvgIpc) is 2.28. The first-order chi connectivity index (χ1) is 8.11. The molecule has 0 amide bonds. The number of hydrogen-bond acceptors (Lipinski definition) is 1. The maximum atomic E-state index is 4.57. The third kappa shape index (κ3) is 9.20. The van der Waals surface area contributed by atoms with E-state index in [1.54, 1.807) is 0 Å². The Hall–Kier alpha value is -0.530. The smallest absolute Gasteiger partial charge is 0.0852 e. The maximum absolute atomic E-state index is 4.57. The number of unbranched alkanes of at least 4 members (excludes halogenated alkanes) is 1. The van der Waals surface area contributed by atoms with Crippen molar-refractivity contribution in [3.8, 4) is 0 Å². The predicted molar refractivity (Wildman–Crippen MR) is 78.8 cm³/mol. The molecule has 1 atom stereocenters. The minimum absolute atomic E-state index is 0.634. The van der Waals surface area contributed by atoms with E-state index < -0.39 is 0 Å². The van der Waals surface area contributed by atoms with Gasteiger partial charge in [0.1, 0.15) is 0 Å². The van der Waals surface area contributed by atoms with Crippen molar-refractivity contribution in [3.05, 3.63) is 0 Å². The summed E-state index contributed by atoms with van der Waals surface area (Å²) in [5, 5.41) is 0. The van der Waals surface area contributed by atoms with Gasteiger partial charge in [-0.1, -0.05) is 40.5 Å². The fourth-order valence-electron chi connectivity index (χ4n) is 1.81. The summed E-state index contributed by atoms with van der Waals surface area (Å²) < 4.78 is 0. The molecule has 102 valence electrons. The molecule has 0 aromatic rings. The van der Waals surface area contributed by atoms with Crippen molar-refractivity contribution in [1.29, 1.82) is 0 Å². The van der Waals surface area contributed by atoms with Crippen LogP contribution in [0.4, 0.5) is 0 Å². The second-order valence-electron chi connectivity index (χ2n) is 5.43. The van der Waals surface area contributed by atoms with Gasteiger partial charge in [-0.15, -0.1) is 0 Å². The Morgan fingerprint density at radius 1 is 1.06 bits per heavy atom. The molecule has 0 saturated carbocycles. The first kappa shape index (κ1) is 16.5. The Morgan fingerprint density at radius 2 is 1.76 bits per heavy atom. The van der Waals surface area contributed by atoms with E-state index in [4.69, 9.17) is 0 Å². The van der Waals surface area contributed by atoms with Crippen molar-refractivity contribution < 1.29 is 0 Å². The summed E-state index contributed by atoms with van der Waals surface area (Å²) in [4.78, 5) is 6.99. The fourth-order valence-corrected chi connectivity index (χ4v) is 1.81. The Labute approximate surface area is 109 Å². The summed E-state index contributed by atoms with van der Waals surface area (Å²) in [6.45, 7) is 13.5.